The van der Waals surface area contributed by atoms with Crippen molar-refractivity contribution in [3.63, 3.8) is 0 Å². The first-order valence-corrected chi connectivity index (χ1v) is 25.5. The molecule has 12 nitrogen and oxygen atoms in total. The SMILES string of the molecule is [C-]#[N+]c1cc(C#N)cc(-c2ccc3c4ccc(-c5cc(C#N)cc([N+]#[C-])c5)cc4n(-c4cc(C#N)cc(-n5c6cc(-c7cc(C#N)cc([N+]#[C-])c7)ccc6c6ccc(-c7cc(C#N)cc([N+]#[C-])c7)cc65)c4-c4cc(C)cc(C#N)c4)c3c2)c1. The topological polar surface area (TPSA) is 170 Å². The van der Waals surface area contributed by atoms with E-state index in [2.05, 4.69) is 64.9 Å². The minimum atomic E-state index is 0.259. The highest BCUT2D eigenvalue weighted by Gasteiger charge is 2.26. The molecule has 12 rings (SSSR count). The molecule has 12 heteroatoms. The van der Waals surface area contributed by atoms with Gasteiger partial charge in [0.15, 0.2) is 22.7 Å². The Kier molecular flexibility index (Phi) is 12.3. The van der Waals surface area contributed by atoms with Gasteiger partial charge in [0.05, 0.1) is 107 Å². The highest BCUT2D eigenvalue weighted by Crippen LogP contribution is 2.46. The van der Waals surface area contributed by atoms with E-state index >= 15 is 0 Å². The molecule has 2 heterocycles. The molecule has 0 aliphatic rings. The van der Waals surface area contributed by atoms with Crippen molar-refractivity contribution in [3.05, 3.63) is 261 Å². The second kappa shape index (κ2) is 20.2. The molecule has 10 aromatic carbocycles. The maximum atomic E-state index is 11.4. The molecule has 0 saturated carbocycles. The summed E-state index contributed by atoms with van der Waals surface area (Å²) in [4.78, 5) is 14.7. The first kappa shape index (κ1) is 50.5. The quantitative estimate of drug-likeness (QED) is 0.144. The van der Waals surface area contributed by atoms with Crippen molar-refractivity contribution in [3.8, 4) is 103 Å². The molecule has 0 aliphatic carbocycles. The van der Waals surface area contributed by atoms with E-state index in [0.717, 1.165) is 27.1 Å². The van der Waals surface area contributed by atoms with Crippen LogP contribution < -0.4 is 0 Å². The molecule has 0 saturated heterocycles. The molecule has 0 aliphatic heterocycles. The van der Waals surface area contributed by atoms with Crippen molar-refractivity contribution in [2.45, 2.75) is 6.92 Å². The summed E-state index contributed by atoms with van der Waals surface area (Å²) in [5.41, 5.74) is 14.1. The number of benzene rings is 10. The van der Waals surface area contributed by atoms with Crippen molar-refractivity contribution in [2.75, 3.05) is 0 Å². The lowest BCUT2D eigenvalue weighted by atomic mass is 9.95. The van der Waals surface area contributed by atoms with Gasteiger partial charge in [0, 0.05) is 49.4 Å². The number of nitrogens with zero attached hydrogens (tertiary/aromatic N) is 12. The van der Waals surface area contributed by atoms with Crippen LogP contribution in [-0.2, 0) is 0 Å². The molecule has 0 bridgehead atoms. The van der Waals surface area contributed by atoms with E-state index in [9.17, 15) is 31.6 Å². The highest BCUT2D eigenvalue weighted by molar-refractivity contribution is 6.14. The maximum absolute atomic E-state index is 11.4. The summed E-state index contributed by atoms with van der Waals surface area (Å²) in [6.07, 6.45) is 0. The molecule has 0 amide bonds. The normalized spacial score (nSPS) is 10.6. The summed E-state index contributed by atoms with van der Waals surface area (Å²) in [7, 11) is 0. The minimum Gasteiger partial charge on any atom is -0.308 e. The average molecular weight is 1050 g/mol. The maximum Gasteiger partial charge on any atom is 0.189 e. The van der Waals surface area contributed by atoms with Gasteiger partial charge in [-0.25, -0.2) is 19.4 Å². The molecule has 83 heavy (non-hydrogen) atoms. The van der Waals surface area contributed by atoms with E-state index in [1.807, 2.05) is 104 Å². The summed E-state index contributed by atoms with van der Waals surface area (Å²) in [5, 5.41) is 65.7. The predicted octanol–water partition coefficient (Wildman–Crippen LogP) is 18.0. The average Bonchev–Trinajstić information content (AvgIpc) is 3.03. The largest absolute Gasteiger partial charge is 0.308 e. The van der Waals surface area contributed by atoms with Crippen LogP contribution in [0, 0.1) is 101 Å². The Hall–Kier alpha value is -13.3. The molecule has 0 radical (unpaired) electrons. The summed E-state index contributed by atoms with van der Waals surface area (Å²) < 4.78 is 4.14. The van der Waals surface area contributed by atoms with Crippen LogP contribution in [0.2, 0.25) is 0 Å². The molecule has 376 valence electrons. The van der Waals surface area contributed by atoms with Crippen molar-refractivity contribution in [1.29, 1.82) is 31.6 Å². The smallest absolute Gasteiger partial charge is 0.189 e. The number of nitriles is 6. The van der Waals surface area contributed by atoms with Gasteiger partial charge in [-0.05, 0) is 184 Å². The van der Waals surface area contributed by atoms with Crippen molar-refractivity contribution in [2.24, 2.45) is 0 Å². The van der Waals surface area contributed by atoms with E-state index < -0.39 is 0 Å². The lowest BCUT2D eigenvalue weighted by Gasteiger charge is -2.22. The lowest BCUT2D eigenvalue weighted by Crippen LogP contribution is -2.06. The summed E-state index contributed by atoms with van der Waals surface area (Å²) >= 11 is 0. The van der Waals surface area contributed by atoms with Crippen LogP contribution in [0.4, 0.5) is 22.7 Å². The fourth-order valence-electron chi connectivity index (χ4n) is 11.2. The van der Waals surface area contributed by atoms with Gasteiger partial charge >= 0.3 is 0 Å². The molecule has 0 fully saturated rings. The standard InChI is InChI=1S/C71H32N12/c1-41-14-42(35-72)20-56(15-41)71-69(82-65-31-48(52-16-43(36-73)21-57(27-52)78-2)6-10-61(65)62-11-7-49(32-66(62)82)53-17-44(37-74)22-58(28-53)79-3)25-47(40-77)26-70(71)83-67-33-50(54-18-45(38-75)23-59(29-54)80-4)8-12-63(67)64-13-9-51(34-68(64)83)55-19-46(39-76)24-60(30-55)81-5/h6-34H,1H3. The molecule has 0 unspecified atom stereocenters. The monoisotopic (exact) mass is 1050 g/mol. The van der Waals surface area contributed by atoms with Gasteiger partial charge in [-0.2, -0.15) is 31.6 Å². The summed E-state index contributed by atoms with van der Waals surface area (Å²) in [6, 6.07) is 66.5. The van der Waals surface area contributed by atoms with Gasteiger partial charge in [-0.15, -0.1) is 0 Å². The third-order valence-electron chi connectivity index (χ3n) is 14.8. The Morgan fingerprint density at radius 1 is 0.289 bits per heavy atom. The molecule has 0 N–H and O–H groups in total. The van der Waals surface area contributed by atoms with Crippen LogP contribution in [0.1, 0.15) is 38.9 Å². The first-order chi connectivity index (χ1) is 40.5. The van der Waals surface area contributed by atoms with Crippen LogP contribution in [0.3, 0.4) is 0 Å². The zero-order valence-electron chi connectivity index (χ0n) is 43.6. The number of fused-ring (bicyclic) bond motifs is 6. The molecular formula is C71H32N12. The summed E-state index contributed by atoms with van der Waals surface area (Å²) in [6.45, 7) is 33.5. The van der Waals surface area contributed by atoms with E-state index in [1.54, 1.807) is 54.6 Å². The second-order valence-corrected chi connectivity index (χ2v) is 19.8. The zero-order valence-corrected chi connectivity index (χ0v) is 43.6. The molecule has 2 aromatic heterocycles. The van der Waals surface area contributed by atoms with Gasteiger partial charge in [0.2, 0.25) is 0 Å². The first-order valence-electron chi connectivity index (χ1n) is 25.5. The third kappa shape index (κ3) is 8.77. The van der Waals surface area contributed by atoms with Crippen LogP contribution in [0.5, 0.6) is 0 Å². The highest BCUT2D eigenvalue weighted by atomic mass is 15.0. The second-order valence-electron chi connectivity index (χ2n) is 19.8. The van der Waals surface area contributed by atoms with Gasteiger partial charge < -0.3 is 9.13 Å². The van der Waals surface area contributed by atoms with Gasteiger partial charge in [-0.1, -0.05) is 54.6 Å². The van der Waals surface area contributed by atoms with Gasteiger partial charge in [-0.3, -0.25) is 0 Å². The Balaban J connectivity index is 1.28. The van der Waals surface area contributed by atoms with E-state index in [1.165, 1.54) is 24.3 Å². The Morgan fingerprint density at radius 2 is 0.554 bits per heavy atom. The van der Waals surface area contributed by atoms with Gasteiger partial charge in [0.25, 0.3) is 0 Å². The van der Waals surface area contributed by atoms with E-state index in [0.29, 0.717) is 117 Å². The number of hydrogen-bond donors (Lipinski definition) is 0. The van der Waals surface area contributed by atoms with Crippen LogP contribution in [0.25, 0.3) is 130 Å². The Bertz CT molecular complexity index is 4680. The van der Waals surface area contributed by atoms with Crippen LogP contribution in [-0.4, -0.2) is 9.13 Å². The van der Waals surface area contributed by atoms with Crippen molar-refractivity contribution < 1.29 is 0 Å². The molecule has 0 spiro atoms. The third-order valence-corrected chi connectivity index (χ3v) is 14.8. The minimum absolute atomic E-state index is 0.259. The zero-order chi connectivity index (χ0) is 57.6. The molecule has 0 atom stereocenters. The summed E-state index contributed by atoms with van der Waals surface area (Å²) in [5.74, 6) is 0. The van der Waals surface area contributed by atoms with E-state index in [-0.39, 0.29) is 28.3 Å². The lowest BCUT2D eigenvalue weighted by molar-refractivity contribution is 1.13. The van der Waals surface area contributed by atoms with Crippen LogP contribution >= 0.6 is 0 Å². The number of rotatable bonds is 7. The molecule has 12 aromatic rings. The van der Waals surface area contributed by atoms with Crippen LogP contribution in [0.15, 0.2) is 176 Å². The Labute approximate surface area is 475 Å². The number of aryl methyl sites for hydroxylation is 1. The van der Waals surface area contributed by atoms with Crippen molar-refractivity contribution in [1.82, 2.24) is 9.13 Å². The molecular weight excluding hydrogens is 1020 g/mol. The fraction of sp³-hybridized carbons (Fsp3) is 0.0141. The Morgan fingerprint density at radius 3 is 0.831 bits per heavy atom. The predicted molar refractivity (Wildman–Crippen MR) is 320 cm³/mol. The van der Waals surface area contributed by atoms with E-state index in [4.69, 9.17) is 26.3 Å². The number of aromatic nitrogens is 2. The van der Waals surface area contributed by atoms with Crippen molar-refractivity contribution >= 4 is 66.4 Å². The fourth-order valence-corrected chi connectivity index (χ4v) is 11.2. The van der Waals surface area contributed by atoms with Gasteiger partial charge in [0.1, 0.15) is 0 Å². The number of hydrogen-bond acceptors (Lipinski definition) is 6.